The fourth-order valence-corrected chi connectivity index (χ4v) is 2.32. The number of nitrogens with zero attached hydrogens (tertiary/aromatic N) is 2. The Labute approximate surface area is 192 Å². The first-order chi connectivity index (χ1) is 15.7. The summed E-state index contributed by atoms with van der Waals surface area (Å²) in [6, 6.07) is 14.0. The van der Waals surface area contributed by atoms with Gasteiger partial charge in [-0.1, -0.05) is 29.8 Å². The average Bonchev–Trinajstić information content (AvgIpc) is 2.76. The molecule has 2 aromatic heterocycles. The van der Waals surface area contributed by atoms with Crippen molar-refractivity contribution in [2.75, 3.05) is 0 Å². The van der Waals surface area contributed by atoms with Crippen molar-refractivity contribution in [2.45, 2.75) is 13.8 Å². The second kappa shape index (κ2) is 11.8. The number of hydrogen-bond acceptors (Lipinski definition) is 9. The molecule has 0 aliphatic rings. The van der Waals surface area contributed by atoms with Crippen LogP contribution in [0, 0.1) is 11.3 Å². The molecule has 0 radical (unpaired) electrons. The summed E-state index contributed by atoms with van der Waals surface area (Å²) >= 11 is 5.70. The Balaban J connectivity index is 0.000000238. The number of aromatic amines is 1. The quantitative estimate of drug-likeness (QED) is 0.569. The van der Waals surface area contributed by atoms with Gasteiger partial charge in [0, 0.05) is 26.0 Å². The molecule has 0 saturated heterocycles. The van der Waals surface area contributed by atoms with Gasteiger partial charge in [-0.15, -0.1) is 0 Å². The van der Waals surface area contributed by atoms with Crippen molar-refractivity contribution in [3.63, 3.8) is 0 Å². The van der Waals surface area contributed by atoms with E-state index in [1.807, 2.05) is 0 Å². The normalized spacial score (nSPS) is 9.52. The number of carbonyl (C=O) groups excluding carboxylic acids is 3. The number of ether oxygens (including phenoxy) is 3. The first-order valence-corrected chi connectivity index (χ1v) is 9.50. The van der Waals surface area contributed by atoms with E-state index in [-0.39, 0.29) is 28.1 Å². The SMILES string of the molecule is CC(=O)Oc1cc(OC(C)=O)c(Cl)cn1.N#Cc1ccc(OC(=O)c2ccccc2)[nH]c1=O. The number of aromatic nitrogens is 2. The molecule has 33 heavy (non-hydrogen) atoms. The van der Waals surface area contributed by atoms with Crippen molar-refractivity contribution < 1.29 is 28.6 Å². The molecule has 10 nitrogen and oxygen atoms in total. The van der Waals surface area contributed by atoms with E-state index in [4.69, 9.17) is 31.1 Å². The third-order valence-electron chi connectivity index (χ3n) is 3.51. The molecule has 1 N–H and O–H groups in total. The number of hydrogen-bond donors (Lipinski definition) is 1. The minimum Gasteiger partial charge on any atom is -0.425 e. The maximum absolute atomic E-state index is 11.7. The minimum absolute atomic E-state index is 0.00727. The Bertz CT molecular complexity index is 1270. The lowest BCUT2D eigenvalue weighted by molar-refractivity contribution is -0.132. The van der Waals surface area contributed by atoms with Crippen LogP contribution in [0.5, 0.6) is 17.5 Å². The summed E-state index contributed by atoms with van der Waals surface area (Å²) in [6.45, 7) is 2.48. The molecule has 11 heteroatoms. The van der Waals surface area contributed by atoms with Gasteiger partial charge in [0.1, 0.15) is 16.7 Å². The maximum Gasteiger partial charge on any atom is 0.344 e. The number of H-pyrrole nitrogens is 1. The molecule has 0 bridgehead atoms. The largest absolute Gasteiger partial charge is 0.425 e. The molecule has 0 saturated carbocycles. The van der Waals surface area contributed by atoms with Crippen LogP contribution in [-0.4, -0.2) is 27.9 Å². The molecule has 1 aromatic carbocycles. The number of carbonyl (C=O) groups is 3. The van der Waals surface area contributed by atoms with Crippen molar-refractivity contribution in [3.8, 4) is 23.6 Å². The van der Waals surface area contributed by atoms with E-state index in [1.54, 1.807) is 36.4 Å². The van der Waals surface area contributed by atoms with Gasteiger partial charge in [-0.2, -0.15) is 5.26 Å². The Morgan fingerprint density at radius 2 is 1.67 bits per heavy atom. The predicted octanol–water partition coefficient (Wildman–Crippen LogP) is 3.05. The Kier molecular flexibility index (Phi) is 8.85. The van der Waals surface area contributed by atoms with Crippen LogP contribution in [-0.2, 0) is 9.59 Å². The Hall–Kier alpha value is -4.49. The summed E-state index contributed by atoms with van der Waals surface area (Å²) in [4.78, 5) is 50.3. The highest BCUT2D eigenvalue weighted by atomic mass is 35.5. The molecule has 0 unspecified atom stereocenters. The zero-order valence-electron chi connectivity index (χ0n) is 17.3. The highest BCUT2D eigenvalue weighted by molar-refractivity contribution is 6.32. The summed E-state index contributed by atoms with van der Waals surface area (Å²) in [7, 11) is 0. The standard InChI is InChI=1S/C13H8N2O3.C9H8ClNO4/c14-8-10-6-7-11(15-12(10)16)18-13(17)9-4-2-1-3-5-9;1-5(12)14-8-3-9(15-6(2)13)11-4-7(8)10/h1-7H,(H,15,16);3-4H,1-2H3. The van der Waals surface area contributed by atoms with Gasteiger partial charge in [0.25, 0.3) is 5.56 Å². The van der Waals surface area contributed by atoms with E-state index in [1.165, 1.54) is 38.2 Å². The number of halogens is 1. The first-order valence-electron chi connectivity index (χ1n) is 9.12. The third-order valence-corrected chi connectivity index (χ3v) is 3.80. The number of nitrogens with one attached hydrogen (secondary N) is 1. The summed E-state index contributed by atoms with van der Waals surface area (Å²) in [5.74, 6) is -1.46. The molecule has 0 amide bonds. The van der Waals surface area contributed by atoms with E-state index in [9.17, 15) is 19.2 Å². The van der Waals surface area contributed by atoms with Crippen molar-refractivity contribution in [1.82, 2.24) is 9.97 Å². The summed E-state index contributed by atoms with van der Waals surface area (Å²) in [5.41, 5.74) is -0.243. The molecule has 0 atom stereocenters. The number of esters is 3. The van der Waals surface area contributed by atoms with Gasteiger partial charge in [0.2, 0.25) is 11.8 Å². The molecular weight excluding hydrogens is 454 g/mol. The van der Waals surface area contributed by atoms with Crippen LogP contribution in [0.25, 0.3) is 0 Å². The zero-order chi connectivity index (χ0) is 24.4. The molecule has 0 aliphatic carbocycles. The van der Waals surface area contributed by atoms with Gasteiger partial charge in [-0.3, -0.25) is 19.4 Å². The molecule has 3 rings (SSSR count). The second-order valence-corrected chi connectivity index (χ2v) is 6.48. The fraction of sp³-hybridized carbons (Fsp3) is 0.0909. The van der Waals surface area contributed by atoms with E-state index in [0.29, 0.717) is 5.56 Å². The maximum atomic E-state index is 11.7. The number of pyridine rings is 2. The van der Waals surface area contributed by atoms with Gasteiger partial charge in [0.05, 0.1) is 11.8 Å². The fourth-order valence-electron chi connectivity index (χ4n) is 2.17. The van der Waals surface area contributed by atoms with Gasteiger partial charge in [-0.25, -0.2) is 9.78 Å². The van der Waals surface area contributed by atoms with Gasteiger partial charge >= 0.3 is 17.9 Å². The molecule has 2 heterocycles. The van der Waals surface area contributed by atoms with Crippen molar-refractivity contribution in [1.29, 1.82) is 5.26 Å². The summed E-state index contributed by atoms with van der Waals surface area (Å²) < 4.78 is 14.4. The molecular formula is C22H16ClN3O7. The number of benzene rings is 1. The lowest BCUT2D eigenvalue weighted by Gasteiger charge is -2.05. The molecule has 0 spiro atoms. The van der Waals surface area contributed by atoms with E-state index >= 15 is 0 Å². The van der Waals surface area contributed by atoms with E-state index in [2.05, 4.69) is 9.97 Å². The molecule has 3 aromatic rings. The van der Waals surface area contributed by atoms with Crippen LogP contribution in [0.4, 0.5) is 0 Å². The van der Waals surface area contributed by atoms with Gasteiger partial charge < -0.3 is 14.2 Å². The smallest absolute Gasteiger partial charge is 0.344 e. The van der Waals surface area contributed by atoms with Crippen LogP contribution in [0.3, 0.4) is 0 Å². The van der Waals surface area contributed by atoms with Crippen LogP contribution >= 0.6 is 11.6 Å². The van der Waals surface area contributed by atoms with Crippen molar-refractivity contribution in [2.24, 2.45) is 0 Å². The number of rotatable bonds is 4. The zero-order valence-corrected chi connectivity index (χ0v) is 18.1. The van der Waals surface area contributed by atoms with Crippen LogP contribution in [0.1, 0.15) is 29.8 Å². The highest BCUT2D eigenvalue weighted by Crippen LogP contribution is 2.27. The highest BCUT2D eigenvalue weighted by Gasteiger charge is 2.10. The van der Waals surface area contributed by atoms with Crippen LogP contribution in [0.2, 0.25) is 5.02 Å². The van der Waals surface area contributed by atoms with Crippen molar-refractivity contribution in [3.05, 3.63) is 81.2 Å². The van der Waals surface area contributed by atoms with Gasteiger partial charge in [-0.05, 0) is 18.2 Å². The van der Waals surface area contributed by atoms with E-state index in [0.717, 1.165) is 0 Å². The molecule has 0 fully saturated rings. The Morgan fingerprint density at radius 1 is 1.00 bits per heavy atom. The number of nitriles is 1. The topological polar surface area (TPSA) is 148 Å². The predicted molar refractivity (Wildman–Crippen MR) is 115 cm³/mol. The Morgan fingerprint density at radius 3 is 2.24 bits per heavy atom. The van der Waals surface area contributed by atoms with E-state index < -0.39 is 23.5 Å². The summed E-state index contributed by atoms with van der Waals surface area (Å²) in [5, 5.41) is 8.76. The lowest BCUT2D eigenvalue weighted by atomic mass is 10.2. The van der Waals surface area contributed by atoms with Gasteiger partial charge in [0.15, 0.2) is 5.75 Å². The van der Waals surface area contributed by atoms with Crippen LogP contribution in [0.15, 0.2) is 59.5 Å². The lowest BCUT2D eigenvalue weighted by Crippen LogP contribution is -2.15. The monoisotopic (exact) mass is 469 g/mol. The van der Waals surface area contributed by atoms with Crippen molar-refractivity contribution >= 4 is 29.5 Å². The third kappa shape index (κ3) is 7.93. The minimum atomic E-state index is -0.587. The second-order valence-electron chi connectivity index (χ2n) is 6.07. The molecule has 168 valence electrons. The molecule has 0 aliphatic heterocycles. The van der Waals surface area contributed by atoms with Crippen LogP contribution < -0.4 is 19.8 Å². The summed E-state index contributed by atoms with van der Waals surface area (Å²) in [6.07, 6.45) is 1.23. The average molecular weight is 470 g/mol. The first kappa shape index (κ1) is 24.8.